The van der Waals surface area contributed by atoms with Crippen LogP contribution in [0.5, 0.6) is 0 Å². The van der Waals surface area contributed by atoms with Gasteiger partial charge in [0.05, 0.1) is 11.0 Å². The molecule has 1 aliphatic heterocycles. The molecule has 2 aliphatic rings. The van der Waals surface area contributed by atoms with Crippen molar-refractivity contribution in [2.45, 2.75) is 5.54 Å². The van der Waals surface area contributed by atoms with Crippen LogP contribution >= 0.6 is 0 Å². The second kappa shape index (κ2) is 9.82. The van der Waals surface area contributed by atoms with Gasteiger partial charge in [-0.25, -0.2) is 0 Å². The summed E-state index contributed by atoms with van der Waals surface area (Å²) in [6, 6.07) is 64.6. The zero-order valence-electron chi connectivity index (χ0n) is 26.7. The van der Waals surface area contributed by atoms with Crippen molar-refractivity contribution in [2.75, 3.05) is 5.32 Å². The number of hydrogen-bond acceptors (Lipinski definition) is 1. The molecule has 1 spiro atoms. The maximum absolute atomic E-state index is 4.06. The van der Waals surface area contributed by atoms with E-state index in [2.05, 4.69) is 186 Å². The maximum atomic E-state index is 4.06. The number of para-hydroxylation sites is 1. The standard InChI is InChI=1S/C47H30N2/c1-2-11-30(12-3-1)31-21-24-33(25-22-31)49-44-20-9-6-15-37(44)38-26-23-32(29-45(38)49)34-27-28-43-46-39(34)16-10-19-42(46)47(48-43)40-17-7-4-13-35(40)36-14-5-8-18-41(36)47/h1-29,48H. The van der Waals surface area contributed by atoms with E-state index in [0.717, 1.165) is 5.69 Å². The smallest absolute Gasteiger partial charge is 0.116 e. The Balaban J connectivity index is 1.11. The second-order valence-electron chi connectivity index (χ2n) is 13.4. The summed E-state index contributed by atoms with van der Waals surface area (Å²) in [6.07, 6.45) is 0. The molecular formula is C47H30N2. The van der Waals surface area contributed by atoms with Crippen molar-refractivity contribution in [2.24, 2.45) is 0 Å². The van der Waals surface area contributed by atoms with Crippen LogP contribution in [0.2, 0.25) is 0 Å². The molecule has 0 saturated carbocycles. The molecule has 228 valence electrons. The number of nitrogens with zero attached hydrogens (tertiary/aromatic N) is 1. The molecule has 0 fully saturated rings. The lowest BCUT2D eigenvalue weighted by Crippen LogP contribution is -2.32. The molecular weight excluding hydrogens is 593 g/mol. The van der Waals surface area contributed by atoms with Crippen molar-refractivity contribution in [1.29, 1.82) is 0 Å². The zero-order chi connectivity index (χ0) is 32.1. The fourth-order valence-corrected chi connectivity index (χ4v) is 8.85. The average Bonchev–Trinajstić information content (AvgIpc) is 3.79. The first-order valence-electron chi connectivity index (χ1n) is 17.0. The lowest BCUT2D eigenvalue weighted by Gasteiger charge is -2.30. The van der Waals surface area contributed by atoms with Crippen molar-refractivity contribution in [3.8, 4) is 39.1 Å². The van der Waals surface area contributed by atoms with Gasteiger partial charge >= 0.3 is 0 Å². The van der Waals surface area contributed by atoms with Crippen molar-refractivity contribution in [3.05, 3.63) is 193 Å². The highest BCUT2D eigenvalue weighted by Crippen LogP contribution is 2.58. The van der Waals surface area contributed by atoms with Gasteiger partial charge in [-0.3, -0.25) is 0 Å². The molecule has 0 saturated heterocycles. The Labute approximate surface area is 284 Å². The number of fused-ring (bicyclic) bond motifs is 9. The monoisotopic (exact) mass is 622 g/mol. The Morgan fingerprint density at radius 3 is 1.80 bits per heavy atom. The van der Waals surface area contributed by atoms with Crippen molar-refractivity contribution >= 4 is 38.3 Å². The van der Waals surface area contributed by atoms with Crippen LogP contribution in [0.4, 0.5) is 5.69 Å². The molecule has 0 bridgehead atoms. The van der Waals surface area contributed by atoms with Crippen LogP contribution in [0.1, 0.15) is 16.7 Å². The van der Waals surface area contributed by atoms with Crippen LogP contribution in [-0.2, 0) is 5.54 Å². The fourth-order valence-electron chi connectivity index (χ4n) is 8.85. The van der Waals surface area contributed by atoms with Crippen LogP contribution in [0.15, 0.2) is 176 Å². The maximum Gasteiger partial charge on any atom is 0.116 e. The normalized spacial score (nSPS) is 13.6. The lowest BCUT2D eigenvalue weighted by molar-refractivity contribution is 0.759. The summed E-state index contributed by atoms with van der Waals surface area (Å²) in [4.78, 5) is 0. The molecule has 11 rings (SSSR count). The molecule has 0 radical (unpaired) electrons. The van der Waals surface area contributed by atoms with Gasteiger partial charge in [0.1, 0.15) is 5.54 Å². The predicted octanol–water partition coefficient (Wildman–Crippen LogP) is 12.0. The van der Waals surface area contributed by atoms with Gasteiger partial charge in [0, 0.05) is 27.5 Å². The molecule has 1 aliphatic carbocycles. The number of benzene rings is 8. The Morgan fingerprint density at radius 1 is 0.388 bits per heavy atom. The molecule has 9 aromatic rings. The molecule has 2 heteroatoms. The van der Waals surface area contributed by atoms with Crippen molar-refractivity contribution in [1.82, 2.24) is 4.57 Å². The molecule has 0 unspecified atom stereocenters. The summed E-state index contributed by atoms with van der Waals surface area (Å²) in [5.41, 5.74) is 15.9. The van der Waals surface area contributed by atoms with Gasteiger partial charge in [0.2, 0.25) is 0 Å². The van der Waals surface area contributed by atoms with E-state index in [9.17, 15) is 0 Å². The molecule has 0 atom stereocenters. The number of nitrogens with one attached hydrogen (secondary N) is 1. The van der Waals surface area contributed by atoms with E-state index in [1.165, 1.54) is 88.3 Å². The summed E-state index contributed by atoms with van der Waals surface area (Å²) < 4.78 is 2.42. The molecule has 1 N–H and O–H groups in total. The van der Waals surface area contributed by atoms with E-state index in [1.807, 2.05) is 0 Å². The quantitative estimate of drug-likeness (QED) is 0.207. The Hall–Kier alpha value is -6.38. The molecule has 8 aromatic carbocycles. The van der Waals surface area contributed by atoms with Gasteiger partial charge in [-0.15, -0.1) is 0 Å². The van der Waals surface area contributed by atoms with E-state index in [1.54, 1.807) is 0 Å². The third-order valence-corrected chi connectivity index (χ3v) is 10.9. The third-order valence-electron chi connectivity index (χ3n) is 10.9. The van der Waals surface area contributed by atoms with Gasteiger partial charge in [-0.2, -0.15) is 0 Å². The minimum Gasteiger partial charge on any atom is -0.367 e. The highest BCUT2D eigenvalue weighted by Gasteiger charge is 2.48. The average molecular weight is 623 g/mol. The van der Waals surface area contributed by atoms with E-state index in [4.69, 9.17) is 0 Å². The summed E-state index contributed by atoms with van der Waals surface area (Å²) in [6.45, 7) is 0. The second-order valence-corrected chi connectivity index (χ2v) is 13.4. The lowest BCUT2D eigenvalue weighted by atomic mass is 9.81. The number of rotatable bonds is 3. The van der Waals surface area contributed by atoms with E-state index < -0.39 is 5.54 Å². The van der Waals surface area contributed by atoms with Crippen molar-refractivity contribution < 1.29 is 0 Å². The minimum absolute atomic E-state index is 0.407. The number of hydrogen-bond donors (Lipinski definition) is 1. The van der Waals surface area contributed by atoms with Crippen LogP contribution in [0.3, 0.4) is 0 Å². The van der Waals surface area contributed by atoms with Crippen LogP contribution < -0.4 is 5.32 Å². The van der Waals surface area contributed by atoms with Gasteiger partial charge < -0.3 is 9.88 Å². The summed E-state index contributed by atoms with van der Waals surface area (Å²) in [7, 11) is 0. The Morgan fingerprint density at radius 2 is 1.00 bits per heavy atom. The third kappa shape index (κ3) is 3.55. The summed E-state index contributed by atoms with van der Waals surface area (Å²) in [5, 5.41) is 9.17. The molecule has 0 amide bonds. The molecule has 49 heavy (non-hydrogen) atoms. The fraction of sp³-hybridized carbons (Fsp3) is 0.0213. The highest BCUT2D eigenvalue weighted by atomic mass is 15.0. The Kier molecular flexibility index (Phi) is 5.34. The van der Waals surface area contributed by atoms with Gasteiger partial charge in [-0.1, -0.05) is 146 Å². The van der Waals surface area contributed by atoms with Gasteiger partial charge in [-0.05, 0) is 85.8 Å². The predicted molar refractivity (Wildman–Crippen MR) is 205 cm³/mol. The SMILES string of the molecule is c1ccc(-c2ccc(-n3c4ccccc4c4ccc(-c5ccc6c7c(cccc57)C5(N6)c6ccccc6-c6ccccc65)cc43)cc2)cc1. The van der Waals surface area contributed by atoms with Crippen LogP contribution in [0.25, 0.3) is 71.6 Å². The first-order valence-corrected chi connectivity index (χ1v) is 17.0. The molecule has 1 aromatic heterocycles. The molecule has 2 nitrogen and oxygen atoms in total. The largest absolute Gasteiger partial charge is 0.367 e. The first-order chi connectivity index (χ1) is 24.3. The van der Waals surface area contributed by atoms with E-state index >= 15 is 0 Å². The zero-order valence-corrected chi connectivity index (χ0v) is 26.7. The highest BCUT2D eigenvalue weighted by molar-refractivity contribution is 6.13. The van der Waals surface area contributed by atoms with E-state index in [0.29, 0.717) is 0 Å². The minimum atomic E-state index is -0.407. The van der Waals surface area contributed by atoms with Crippen LogP contribution in [-0.4, -0.2) is 4.57 Å². The van der Waals surface area contributed by atoms with Gasteiger partial charge in [0.15, 0.2) is 0 Å². The first kappa shape index (κ1) is 26.7. The van der Waals surface area contributed by atoms with Crippen molar-refractivity contribution in [3.63, 3.8) is 0 Å². The molecule has 2 heterocycles. The van der Waals surface area contributed by atoms with Crippen LogP contribution in [0, 0.1) is 0 Å². The summed E-state index contributed by atoms with van der Waals surface area (Å²) in [5.74, 6) is 0. The number of aromatic nitrogens is 1. The topological polar surface area (TPSA) is 17.0 Å². The summed E-state index contributed by atoms with van der Waals surface area (Å²) >= 11 is 0. The van der Waals surface area contributed by atoms with Gasteiger partial charge in [0.25, 0.3) is 0 Å². The Bertz CT molecular complexity index is 2740. The van der Waals surface area contributed by atoms with E-state index in [-0.39, 0.29) is 0 Å². The number of anilines is 1.